The molecule has 0 spiro atoms. The first-order chi connectivity index (χ1) is 8.86. The Hall–Kier alpha value is -2.02. The predicted molar refractivity (Wildman–Crippen MR) is 66.2 cm³/mol. The van der Waals surface area contributed by atoms with Crippen LogP contribution in [0.1, 0.15) is 5.56 Å². The van der Waals surface area contributed by atoms with E-state index in [4.69, 9.17) is 17.3 Å². The van der Waals surface area contributed by atoms with Gasteiger partial charge in [0.2, 0.25) is 5.95 Å². The summed E-state index contributed by atoms with van der Waals surface area (Å²) in [6, 6.07) is 4.83. The molecule has 0 aliphatic heterocycles. The number of nitrogen functional groups attached to an aromatic ring is 1. The van der Waals surface area contributed by atoms with Gasteiger partial charge in [-0.05, 0) is 24.3 Å². The van der Waals surface area contributed by atoms with E-state index >= 15 is 0 Å². The number of aromatic nitrogens is 2. The van der Waals surface area contributed by atoms with Gasteiger partial charge in [0.25, 0.3) is 0 Å². The summed E-state index contributed by atoms with van der Waals surface area (Å²) in [5, 5.41) is 2.54. The predicted octanol–water partition coefficient (Wildman–Crippen LogP) is 3.47. The smallest absolute Gasteiger partial charge is 0.368 e. The van der Waals surface area contributed by atoms with Gasteiger partial charge in [-0.1, -0.05) is 11.6 Å². The summed E-state index contributed by atoms with van der Waals surface area (Å²) < 4.78 is 38.6. The van der Waals surface area contributed by atoms with Crippen molar-refractivity contribution in [3.05, 3.63) is 41.0 Å². The Bertz CT molecular complexity index is 601. The maximum absolute atomic E-state index is 12.9. The molecule has 2 rings (SSSR count). The molecule has 0 bridgehead atoms. The molecule has 0 atom stereocenters. The van der Waals surface area contributed by atoms with E-state index in [9.17, 15) is 13.2 Å². The maximum Gasteiger partial charge on any atom is 0.418 e. The van der Waals surface area contributed by atoms with Crippen molar-refractivity contribution in [3.8, 4) is 0 Å². The molecule has 0 saturated carbocycles. The molecule has 1 aromatic carbocycles. The van der Waals surface area contributed by atoms with E-state index in [1.165, 1.54) is 24.4 Å². The lowest BCUT2D eigenvalue weighted by atomic mass is 10.1. The van der Waals surface area contributed by atoms with Crippen LogP contribution < -0.4 is 11.1 Å². The lowest BCUT2D eigenvalue weighted by molar-refractivity contribution is -0.136. The van der Waals surface area contributed by atoms with Gasteiger partial charge >= 0.3 is 6.18 Å². The molecule has 1 heterocycles. The Balaban J connectivity index is 2.40. The zero-order valence-corrected chi connectivity index (χ0v) is 10.1. The molecule has 2 aromatic rings. The lowest BCUT2D eigenvalue weighted by Gasteiger charge is -2.14. The number of benzene rings is 1. The summed E-state index contributed by atoms with van der Waals surface area (Å²) in [6.07, 6.45) is -3.18. The van der Waals surface area contributed by atoms with Crippen LogP contribution in [0.4, 0.5) is 30.6 Å². The van der Waals surface area contributed by atoms with E-state index in [-0.39, 0.29) is 22.5 Å². The minimum Gasteiger partial charge on any atom is -0.368 e. The number of hydrogen-bond acceptors (Lipinski definition) is 4. The Kier molecular flexibility index (Phi) is 3.48. The Morgan fingerprint density at radius 3 is 2.58 bits per heavy atom. The van der Waals surface area contributed by atoms with Gasteiger partial charge in [-0.25, -0.2) is 4.98 Å². The second kappa shape index (κ2) is 4.93. The number of nitrogens with one attached hydrogen (secondary N) is 1. The Morgan fingerprint density at radius 1 is 1.21 bits per heavy atom. The zero-order valence-electron chi connectivity index (χ0n) is 9.37. The van der Waals surface area contributed by atoms with Gasteiger partial charge in [-0.15, -0.1) is 0 Å². The number of nitrogens with two attached hydrogens (primary N) is 1. The quantitative estimate of drug-likeness (QED) is 0.888. The largest absolute Gasteiger partial charge is 0.418 e. The Labute approximate surface area is 111 Å². The van der Waals surface area contributed by atoms with Crippen molar-refractivity contribution in [1.82, 2.24) is 9.97 Å². The van der Waals surface area contributed by atoms with Crippen LogP contribution in [0.3, 0.4) is 0 Å². The van der Waals surface area contributed by atoms with Crippen molar-refractivity contribution < 1.29 is 13.2 Å². The molecule has 100 valence electrons. The second-order valence-electron chi connectivity index (χ2n) is 3.61. The van der Waals surface area contributed by atoms with Crippen LogP contribution in [0.15, 0.2) is 30.5 Å². The van der Waals surface area contributed by atoms with Crippen LogP contribution in [0.5, 0.6) is 0 Å². The van der Waals surface area contributed by atoms with Crippen molar-refractivity contribution in [2.75, 3.05) is 11.1 Å². The van der Waals surface area contributed by atoms with E-state index < -0.39 is 11.7 Å². The SMILES string of the molecule is Nc1nccc(Nc2ccc(Cl)cc2C(F)(F)F)n1. The number of anilines is 3. The molecular formula is C11H8ClF3N4. The molecule has 0 radical (unpaired) electrons. The summed E-state index contributed by atoms with van der Waals surface area (Å²) in [7, 11) is 0. The third-order valence-corrected chi connectivity index (χ3v) is 2.46. The van der Waals surface area contributed by atoms with Crippen molar-refractivity contribution >= 4 is 29.1 Å². The molecule has 0 unspecified atom stereocenters. The summed E-state index contributed by atoms with van der Waals surface area (Å²) in [4.78, 5) is 7.42. The Morgan fingerprint density at radius 2 is 1.95 bits per heavy atom. The molecule has 4 nitrogen and oxygen atoms in total. The van der Waals surface area contributed by atoms with Crippen LogP contribution in [0, 0.1) is 0 Å². The van der Waals surface area contributed by atoms with Gasteiger partial charge < -0.3 is 11.1 Å². The molecule has 0 fully saturated rings. The van der Waals surface area contributed by atoms with Crippen molar-refractivity contribution in [2.45, 2.75) is 6.18 Å². The van der Waals surface area contributed by atoms with Gasteiger partial charge in [-0.3, -0.25) is 0 Å². The third-order valence-electron chi connectivity index (χ3n) is 2.22. The fourth-order valence-electron chi connectivity index (χ4n) is 1.44. The standard InChI is InChI=1S/C11H8ClF3N4/c12-6-1-2-8(7(5-6)11(13,14)15)18-9-3-4-17-10(16)19-9/h1-5H,(H3,16,17,18,19). The van der Waals surface area contributed by atoms with Crippen molar-refractivity contribution in [2.24, 2.45) is 0 Å². The highest BCUT2D eigenvalue weighted by Crippen LogP contribution is 2.37. The average molecular weight is 289 g/mol. The van der Waals surface area contributed by atoms with E-state index in [2.05, 4.69) is 15.3 Å². The monoisotopic (exact) mass is 288 g/mol. The zero-order chi connectivity index (χ0) is 14.0. The van der Waals surface area contributed by atoms with Gasteiger partial charge in [0.15, 0.2) is 0 Å². The first kappa shape index (κ1) is 13.4. The topological polar surface area (TPSA) is 63.8 Å². The molecule has 0 aliphatic carbocycles. The van der Waals surface area contributed by atoms with Gasteiger partial charge in [0.1, 0.15) is 5.82 Å². The van der Waals surface area contributed by atoms with Crippen LogP contribution in [0.25, 0.3) is 0 Å². The summed E-state index contributed by atoms with van der Waals surface area (Å²) >= 11 is 5.58. The molecule has 0 saturated heterocycles. The first-order valence-corrected chi connectivity index (χ1v) is 5.46. The van der Waals surface area contributed by atoms with Gasteiger partial charge in [0.05, 0.1) is 11.3 Å². The van der Waals surface area contributed by atoms with Crippen LogP contribution in [-0.2, 0) is 6.18 Å². The highest BCUT2D eigenvalue weighted by molar-refractivity contribution is 6.30. The third kappa shape index (κ3) is 3.25. The van der Waals surface area contributed by atoms with Crippen LogP contribution in [0.2, 0.25) is 5.02 Å². The maximum atomic E-state index is 12.9. The van der Waals surface area contributed by atoms with Gasteiger partial charge in [0, 0.05) is 11.2 Å². The first-order valence-electron chi connectivity index (χ1n) is 5.08. The van der Waals surface area contributed by atoms with Crippen LogP contribution in [-0.4, -0.2) is 9.97 Å². The number of halogens is 4. The number of alkyl halides is 3. The minimum atomic E-state index is -4.52. The minimum absolute atomic E-state index is 0.0000708. The second-order valence-corrected chi connectivity index (χ2v) is 4.05. The normalized spacial score (nSPS) is 11.4. The lowest BCUT2D eigenvalue weighted by Crippen LogP contribution is -2.09. The number of nitrogens with zero attached hydrogens (tertiary/aromatic N) is 2. The molecule has 3 N–H and O–H groups in total. The van der Waals surface area contributed by atoms with E-state index in [0.29, 0.717) is 0 Å². The van der Waals surface area contributed by atoms with E-state index in [1.54, 1.807) is 0 Å². The highest BCUT2D eigenvalue weighted by atomic mass is 35.5. The average Bonchev–Trinajstić information content (AvgIpc) is 2.30. The van der Waals surface area contributed by atoms with E-state index in [0.717, 1.165) is 6.07 Å². The molecule has 19 heavy (non-hydrogen) atoms. The summed E-state index contributed by atoms with van der Waals surface area (Å²) in [5.74, 6) is 0.132. The fraction of sp³-hybridized carbons (Fsp3) is 0.0909. The van der Waals surface area contributed by atoms with E-state index in [1.807, 2.05) is 0 Å². The molecular weight excluding hydrogens is 281 g/mol. The van der Waals surface area contributed by atoms with Crippen molar-refractivity contribution in [3.63, 3.8) is 0 Å². The fourth-order valence-corrected chi connectivity index (χ4v) is 1.61. The molecule has 0 amide bonds. The molecule has 1 aromatic heterocycles. The van der Waals surface area contributed by atoms with Crippen molar-refractivity contribution in [1.29, 1.82) is 0 Å². The highest BCUT2D eigenvalue weighted by Gasteiger charge is 2.33. The van der Waals surface area contributed by atoms with Crippen LogP contribution >= 0.6 is 11.6 Å². The summed E-state index contributed by atoms with van der Waals surface area (Å²) in [6.45, 7) is 0. The number of rotatable bonds is 2. The molecule has 8 heteroatoms. The van der Waals surface area contributed by atoms with Gasteiger partial charge in [-0.2, -0.15) is 18.2 Å². The molecule has 0 aliphatic rings. The summed E-state index contributed by atoms with van der Waals surface area (Å²) in [5.41, 5.74) is 4.32. The number of hydrogen-bond donors (Lipinski definition) is 2.